The van der Waals surface area contributed by atoms with E-state index in [0.717, 1.165) is 6.08 Å². The van der Waals surface area contributed by atoms with Crippen molar-refractivity contribution in [2.75, 3.05) is 6.61 Å². The maximum atomic E-state index is 12.9. The van der Waals surface area contributed by atoms with E-state index in [1.54, 1.807) is 0 Å². The van der Waals surface area contributed by atoms with Crippen molar-refractivity contribution < 1.29 is 74.4 Å². The molecule has 42 heavy (non-hydrogen) atoms. The van der Waals surface area contributed by atoms with Crippen LogP contribution in [0.2, 0.25) is 0 Å². The molecular weight excluding hydrogens is 564 g/mol. The van der Waals surface area contributed by atoms with E-state index < -0.39 is 97.5 Å². The number of hydrogen-bond donors (Lipinski definition) is 9. The van der Waals surface area contributed by atoms with Crippen LogP contribution in [0.15, 0.2) is 41.4 Å². The van der Waals surface area contributed by atoms with Crippen molar-refractivity contribution >= 4 is 5.78 Å². The van der Waals surface area contributed by atoms with E-state index in [0.29, 0.717) is 5.56 Å². The SMILES string of the molecule is C[C@@H]1O[C@@H](O[C@H]2[C@H](OC3=CC(O)=C4C(=O)C[C@@H](c5ccc(O)c(O)c5)OC4C3)O[C@H](CO)[C@@H](O)[C@@H]2O)[C@H](O)[C@H](O)[C@H]1O. The monoisotopic (exact) mass is 598 g/mol. The molecule has 5 rings (SSSR count). The Morgan fingerprint density at radius 1 is 0.833 bits per heavy atom. The Kier molecular flexibility index (Phi) is 8.78. The molecule has 3 fully saturated rings. The first kappa shape index (κ1) is 30.6. The quantitative estimate of drug-likeness (QED) is 0.165. The van der Waals surface area contributed by atoms with Gasteiger partial charge in [-0.3, -0.25) is 4.79 Å². The molecular formula is C27H34O15. The van der Waals surface area contributed by atoms with Gasteiger partial charge < -0.3 is 69.6 Å². The summed E-state index contributed by atoms with van der Waals surface area (Å²) < 4.78 is 28.7. The molecule has 232 valence electrons. The number of Topliss-reactive ketones (excluding diaryl/α,β-unsaturated/α-hetero) is 1. The highest BCUT2D eigenvalue weighted by Gasteiger charge is 2.51. The molecule has 1 aromatic rings. The summed E-state index contributed by atoms with van der Waals surface area (Å²) in [6.07, 6.45) is -16.2. The summed E-state index contributed by atoms with van der Waals surface area (Å²) in [5.41, 5.74) is 0.414. The number of ether oxygens (including phenoxy) is 5. The van der Waals surface area contributed by atoms with E-state index in [-0.39, 0.29) is 29.9 Å². The number of aliphatic hydroxyl groups excluding tert-OH is 7. The molecule has 4 aliphatic rings. The average Bonchev–Trinajstić information content (AvgIpc) is 2.95. The lowest BCUT2D eigenvalue weighted by Gasteiger charge is -2.46. The minimum absolute atomic E-state index is 0.00270. The predicted molar refractivity (Wildman–Crippen MR) is 135 cm³/mol. The molecule has 15 heteroatoms. The van der Waals surface area contributed by atoms with Gasteiger partial charge in [0.25, 0.3) is 0 Å². The first-order chi connectivity index (χ1) is 19.9. The molecule has 0 saturated carbocycles. The maximum absolute atomic E-state index is 12.9. The molecule has 3 heterocycles. The predicted octanol–water partition coefficient (Wildman–Crippen LogP) is -1.74. The van der Waals surface area contributed by atoms with E-state index in [1.807, 2.05) is 0 Å². The fraction of sp³-hybridized carbons (Fsp3) is 0.593. The number of rotatable bonds is 6. The molecule has 9 N–H and O–H groups in total. The van der Waals surface area contributed by atoms with Crippen LogP contribution in [0.4, 0.5) is 0 Å². The summed E-state index contributed by atoms with van der Waals surface area (Å²) in [6, 6.07) is 3.99. The van der Waals surface area contributed by atoms with Gasteiger partial charge in [0.1, 0.15) is 48.1 Å². The minimum atomic E-state index is -1.75. The second kappa shape index (κ2) is 12.0. The average molecular weight is 599 g/mol. The van der Waals surface area contributed by atoms with Crippen LogP contribution in [0.25, 0.3) is 0 Å². The fourth-order valence-corrected chi connectivity index (χ4v) is 5.45. The normalized spacial score (nSPS) is 40.8. The van der Waals surface area contributed by atoms with Gasteiger partial charge in [0.2, 0.25) is 6.29 Å². The molecule has 0 aromatic heterocycles. The Balaban J connectivity index is 1.36. The van der Waals surface area contributed by atoms with Crippen molar-refractivity contribution in [1.82, 2.24) is 0 Å². The third-order valence-electron chi connectivity index (χ3n) is 7.84. The van der Waals surface area contributed by atoms with Gasteiger partial charge in [-0.15, -0.1) is 0 Å². The number of ketones is 1. The lowest BCUT2D eigenvalue weighted by atomic mass is 9.87. The van der Waals surface area contributed by atoms with Crippen LogP contribution in [-0.4, -0.2) is 126 Å². The van der Waals surface area contributed by atoms with Crippen molar-refractivity contribution in [2.24, 2.45) is 0 Å². The molecule has 0 spiro atoms. The number of hydrogen-bond acceptors (Lipinski definition) is 15. The molecule has 1 aliphatic carbocycles. The first-order valence-corrected chi connectivity index (χ1v) is 13.4. The number of aliphatic hydroxyl groups is 7. The Morgan fingerprint density at radius 3 is 2.26 bits per heavy atom. The zero-order chi connectivity index (χ0) is 30.5. The van der Waals surface area contributed by atoms with Gasteiger partial charge >= 0.3 is 0 Å². The molecule has 0 amide bonds. The van der Waals surface area contributed by atoms with Gasteiger partial charge in [0.05, 0.1) is 30.5 Å². The lowest BCUT2D eigenvalue weighted by molar-refractivity contribution is -0.360. The smallest absolute Gasteiger partial charge is 0.229 e. The van der Waals surface area contributed by atoms with Crippen molar-refractivity contribution in [3.63, 3.8) is 0 Å². The van der Waals surface area contributed by atoms with Crippen LogP contribution in [0.1, 0.15) is 31.4 Å². The van der Waals surface area contributed by atoms with Gasteiger partial charge in [0, 0.05) is 18.9 Å². The second-order valence-electron chi connectivity index (χ2n) is 10.7. The Bertz CT molecular complexity index is 1230. The second-order valence-corrected chi connectivity index (χ2v) is 10.7. The number of phenols is 2. The summed E-state index contributed by atoms with van der Waals surface area (Å²) in [7, 11) is 0. The highest BCUT2D eigenvalue weighted by molar-refractivity contribution is 5.98. The number of allylic oxidation sites excluding steroid dienone is 1. The zero-order valence-electron chi connectivity index (χ0n) is 22.3. The molecule has 1 aromatic carbocycles. The molecule has 15 nitrogen and oxygen atoms in total. The molecule has 3 aliphatic heterocycles. The van der Waals surface area contributed by atoms with Gasteiger partial charge in [-0.25, -0.2) is 0 Å². The number of carbonyl (C=O) groups excluding carboxylic acids is 1. The van der Waals surface area contributed by atoms with Crippen molar-refractivity contribution in [3.05, 3.63) is 46.9 Å². The van der Waals surface area contributed by atoms with E-state index in [1.165, 1.54) is 25.1 Å². The number of benzene rings is 1. The molecule has 3 saturated heterocycles. The van der Waals surface area contributed by atoms with Gasteiger partial charge in [-0.05, 0) is 24.6 Å². The Labute approximate surface area is 239 Å². The van der Waals surface area contributed by atoms with Crippen LogP contribution in [-0.2, 0) is 28.5 Å². The van der Waals surface area contributed by atoms with Crippen LogP contribution >= 0.6 is 0 Å². The highest BCUT2D eigenvalue weighted by atomic mass is 16.8. The van der Waals surface area contributed by atoms with E-state index in [9.17, 15) is 50.8 Å². The zero-order valence-corrected chi connectivity index (χ0v) is 22.3. The van der Waals surface area contributed by atoms with Crippen LogP contribution < -0.4 is 0 Å². The third-order valence-corrected chi connectivity index (χ3v) is 7.84. The van der Waals surface area contributed by atoms with Crippen molar-refractivity contribution in [1.29, 1.82) is 0 Å². The Hall–Kier alpha value is -2.83. The molecule has 0 radical (unpaired) electrons. The number of phenolic OH excluding ortho intramolecular Hbond substituents is 2. The molecule has 0 bridgehead atoms. The fourth-order valence-electron chi connectivity index (χ4n) is 5.45. The van der Waals surface area contributed by atoms with E-state index in [2.05, 4.69) is 0 Å². The van der Waals surface area contributed by atoms with Crippen molar-refractivity contribution in [2.45, 2.75) is 93.4 Å². The standard InChI is InChI=1S/C27H34O15/c1-9-20(33)22(35)24(37)26(38-9)42-25-23(36)21(34)18(8-28)41-27(25)39-11-5-14(31)19-15(32)7-16(40-17(19)6-11)10-2-3-12(29)13(30)4-10/h2-5,9,16-18,20-31,33-37H,6-8H2,1H3/t9-,16-,17?,18+,20-,21+,22+,23-,24+,25+,26-,27+/m0/s1. The van der Waals surface area contributed by atoms with Gasteiger partial charge in [-0.1, -0.05) is 6.07 Å². The number of carbonyl (C=O) groups is 1. The molecule has 1 unspecified atom stereocenters. The molecule has 12 atom stereocenters. The van der Waals surface area contributed by atoms with Crippen LogP contribution in [0.5, 0.6) is 11.5 Å². The minimum Gasteiger partial charge on any atom is -0.507 e. The van der Waals surface area contributed by atoms with Crippen LogP contribution in [0, 0.1) is 0 Å². The van der Waals surface area contributed by atoms with Crippen LogP contribution in [0.3, 0.4) is 0 Å². The van der Waals surface area contributed by atoms with Gasteiger partial charge in [0.15, 0.2) is 29.7 Å². The maximum Gasteiger partial charge on any atom is 0.229 e. The van der Waals surface area contributed by atoms with Gasteiger partial charge in [-0.2, -0.15) is 0 Å². The topological polar surface area (TPSA) is 245 Å². The summed E-state index contributed by atoms with van der Waals surface area (Å²) in [5, 5.41) is 91.7. The number of aromatic hydroxyl groups is 2. The summed E-state index contributed by atoms with van der Waals surface area (Å²) in [4.78, 5) is 12.9. The largest absolute Gasteiger partial charge is 0.507 e. The third kappa shape index (κ3) is 5.72. The highest BCUT2D eigenvalue weighted by Crippen LogP contribution is 2.41. The van der Waals surface area contributed by atoms with E-state index >= 15 is 0 Å². The number of fused-ring (bicyclic) bond motifs is 1. The van der Waals surface area contributed by atoms with E-state index in [4.69, 9.17) is 23.7 Å². The Morgan fingerprint density at radius 2 is 1.57 bits per heavy atom. The lowest BCUT2D eigenvalue weighted by Crippen LogP contribution is -2.64. The summed E-state index contributed by atoms with van der Waals surface area (Å²) >= 11 is 0. The first-order valence-electron chi connectivity index (χ1n) is 13.4. The summed E-state index contributed by atoms with van der Waals surface area (Å²) in [5.74, 6) is -1.59. The summed E-state index contributed by atoms with van der Waals surface area (Å²) in [6.45, 7) is 0.706. The van der Waals surface area contributed by atoms with Crippen molar-refractivity contribution in [3.8, 4) is 11.5 Å².